The van der Waals surface area contributed by atoms with Gasteiger partial charge in [-0.3, -0.25) is 4.79 Å². The van der Waals surface area contributed by atoms with E-state index in [-0.39, 0.29) is 11.9 Å². The second kappa shape index (κ2) is 7.14. The van der Waals surface area contributed by atoms with Crippen molar-refractivity contribution in [2.75, 3.05) is 13.7 Å². The lowest BCUT2D eigenvalue weighted by molar-refractivity contribution is -0.121. The molecule has 1 aromatic rings. The Morgan fingerprint density at radius 1 is 1.37 bits per heavy atom. The number of carbonyl (C=O) groups excluding carboxylic acids is 1. The number of ether oxygens (including phenoxy) is 1. The highest BCUT2D eigenvalue weighted by Crippen LogP contribution is 2.22. The van der Waals surface area contributed by atoms with Crippen molar-refractivity contribution in [2.45, 2.75) is 39.7 Å². The summed E-state index contributed by atoms with van der Waals surface area (Å²) < 4.78 is 5.23. The number of benzene rings is 1. The highest BCUT2D eigenvalue weighted by Gasteiger charge is 2.08. The Morgan fingerprint density at radius 2 is 1.95 bits per heavy atom. The van der Waals surface area contributed by atoms with Gasteiger partial charge in [0.1, 0.15) is 5.75 Å². The molecule has 0 spiro atoms. The number of nitrogens with two attached hydrogens (primary N) is 1. The Morgan fingerprint density at radius 3 is 2.42 bits per heavy atom. The van der Waals surface area contributed by atoms with Crippen LogP contribution in [0.25, 0.3) is 0 Å². The van der Waals surface area contributed by atoms with Gasteiger partial charge in [0.05, 0.1) is 7.11 Å². The summed E-state index contributed by atoms with van der Waals surface area (Å²) in [6, 6.07) is 4.00. The number of amides is 1. The summed E-state index contributed by atoms with van der Waals surface area (Å²) in [6.45, 7) is 6.49. The lowest BCUT2D eigenvalue weighted by Gasteiger charge is -2.12. The Labute approximate surface area is 115 Å². The number of nitrogens with one attached hydrogen (secondary N) is 1. The fraction of sp³-hybridized carbons (Fsp3) is 0.533. The number of hydrogen-bond donors (Lipinski definition) is 2. The normalized spacial score (nSPS) is 12.1. The quantitative estimate of drug-likeness (QED) is 0.822. The van der Waals surface area contributed by atoms with Crippen LogP contribution < -0.4 is 15.8 Å². The average Bonchev–Trinajstić information content (AvgIpc) is 2.34. The molecule has 0 aliphatic carbocycles. The van der Waals surface area contributed by atoms with E-state index >= 15 is 0 Å². The summed E-state index contributed by atoms with van der Waals surface area (Å²) in [5.41, 5.74) is 9.15. The molecule has 0 bridgehead atoms. The average molecular weight is 264 g/mol. The molecule has 106 valence electrons. The molecule has 1 rings (SSSR count). The van der Waals surface area contributed by atoms with E-state index in [1.807, 2.05) is 32.9 Å². The van der Waals surface area contributed by atoms with Gasteiger partial charge in [0, 0.05) is 19.0 Å². The standard InChI is InChI=1S/C15H24N2O2/c1-10-7-13(19-4)8-11(2)14(10)5-6-15(18)17-9-12(3)16/h7-8,12H,5-6,9,16H2,1-4H3,(H,17,18). The van der Waals surface area contributed by atoms with Gasteiger partial charge in [-0.15, -0.1) is 0 Å². The summed E-state index contributed by atoms with van der Waals surface area (Å²) in [5, 5.41) is 2.83. The predicted octanol–water partition coefficient (Wildman–Crippen LogP) is 1.71. The molecule has 0 heterocycles. The third kappa shape index (κ3) is 4.91. The van der Waals surface area contributed by atoms with Crippen LogP contribution in [0.4, 0.5) is 0 Å². The highest BCUT2D eigenvalue weighted by atomic mass is 16.5. The van der Waals surface area contributed by atoms with Crippen molar-refractivity contribution in [1.29, 1.82) is 0 Å². The minimum absolute atomic E-state index is 0.00610. The van der Waals surface area contributed by atoms with E-state index in [4.69, 9.17) is 10.5 Å². The fourth-order valence-corrected chi connectivity index (χ4v) is 2.07. The van der Waals surface area contributed by atoms with Gasteiger partial charge in [0.25, 0.3) is 0 Å². The van der Waals surface area contributed by atoms with Gasteiger partial charge in [-0.25, -0.2) is 0 Å². The van der Waals surface area contributed by atoms with Crippen molar-refractivity contribution in [2.24, 2.45) is 5.73 Å². The molecule has 1 atom stereocenters. The van der Waals surface area contributed by atoms with E-state index in [1.165, 1.54) is 5.56 Å². The summed E-state index contributed by atoms with van der Waals surface area (Å²) in [5.74, 6) is 0.909. The zero-order valence-electron chi connectivity index (χ0n) is 12.2. The fourth-order valence-electron chi connectivity index (χ4n) is 2.07. The Hall–Kier alpha value is -1.55. The molecule has 19 heavy (non-hydrogen) atoms. The molecule has 0 aliphatic rings. The third-order valence-electron chi connectivity index (χ3n) is 3.13. The molecule has 0 fully saturated rings. The zero-order chi connectivity index (χ0) is 14.4. The van der Waals surface area contributed by atoms with Crippen LogP contribution in [0.15, 0.2) is 12.1 Å². The molecule has 4 nitrogen and oxygen atoms in total. The second-order valence-electron chi connectivity index (χ2n) is 5.02. The van der Waals surface area contributed by atoms with Crippen molar-refractivity contribution < 1.29 is 9.53 Å². The Kier molecular flexibility index (Phi) is 5.83. The second-order valence-corrected chi connectivity index (χ2v) is 5.02. The van der Waals surface area contributed by atoms with Gasteiger partial charge in [0.15, 0.2) is 0 Å². The van der Waals surface area contributed by atoms with Crippen LogP contribution in [-0.4, -0.2) is 25.6 Å². The number of methoxy groups -OCH3 is 1. The van der Waals surface area contributed by atoms with E-state index < -0.39 is 0 Å². The maximum absolute atomic E-state index is 11.7. The monoisotopic (exact) mass is 264 g/mol. The van der Waals surface area contributed by atoms with Crippen LogP contribution in [0.3, 0.4) is 0 Å². The summed E-state index contributed by atoms with van der Waals surface area (Å²) in [7, 11) is 1.66. The molecule has 1 amide bonds. The molecule has 4 heteroatoms. The van der Waals surface area contributed by atoms with Crippen LogP contribution in [-0.2, 0) is 11.2 Å². The van der Waals surface area contributed by atoms with Crippen LogP contribution in [0.5, 0.6) is 5.75 Å². The minimum Gasteiger partial charge on any atom is -0.497 e. The number of carbonyl (C=O) groups is 1. The number of hydrogen-bond acceptors (Lipinski definition) is 3. The van der Waals surface area contributed by atoms with Crippen LogP contribution in [0.1, 0.15) is 30.0 Å². The summed E-state index contributed by atoms with van der Waals surface area (Å²) >= 11 is 0. The third-order valence-corrected chi connectivity index (χ3v) is 3.13. The van der Waals surface area contributed by atoms with E-state index in [0.29, 0.717) is 13.0 Å². The first-order valence-electron chi connectivity index (χ1n) is 6.60. The molecule has 0 aromatic heterocycles. The molecular weight excluding hydrogens is 240 g/mol. The van der Waals surface area contributed by atoms with Gasteiger partial charge in [-0.1, -0.05) is 0 Å². The van der Waals surface area contributed by atoms with Crippen molar-refractivity contribution in [3.05, 3.63) is 28.8 Å². The van der Waals surface area contributed by atoms with Crippen LogP contribution in [0, 0.1) is 13.8 Å². The van der Waals surface area contributed by atoms with Gasteiger partial charge in [-0.2, -0.15) is 0 Å². The van der Waals surface area contributed by atoms with Crippen molar-refractivity contribution in [3.8, 4) is 5.75 Å². The topological polar surface area (TPSA) is 64.3 Å². The Balaban J connectivity index is 2.60. The first-order valence-corrected chi connectivity index (χ1v) is 6.60. The van der Waals surface area contributed by atoms with Crippen LogP contribution in [0.2, 0.25) is 0 Å². The predicted molar refractivity (Wildman–Crippen MR) is 77.4 cm³/mol. The summed E-state index contributed by atoms with van der Waals surface area (Å²) in [4.78, 5) is 11.7. The molecule has 0 radical (unpaired) electrons. The lowest BCUT2D eigenvalue weighted by atomic mass is 9.98. The molecule has 0 saturated carbocycles. The van der Waals surface area contributed by atoms with E-state index in [1.54, 1.807) is 7.11 Å². The molecule has 1 unspecified atom stereocenters. The largest absolute Gasteiger partial charge is 0.497 e. The van der Waals surface area contributed by atoms with E-state index in [0.717, 1.165) is 23.3 Å². The highest BCUT2D eigenvalue weighted by molar-refractivity contribution is 5.76. The van der Waals surface area contributed by atoms with Gasteiger partial charge in [-0.05, 0) is 56.0 Å². The maximum Gasteiger partial charge on any atom is 0.220 e. The van der Waals surface area contributed by atoms with E-state index in [9.17, 15) is 4.79 Å². The van der Waals surface area contributed by atoms with E-state index in [2.05, 4.69) is 5.32 Å². The number of aryl methyl sites for hydroxylation is 2. The molecule has 3 N–H and O–H groups in total. The van der Waals surface area contributed by atoms with Crippen LogP contribution >= 0.6 is 0 Å². The van der Waals surface area contributed by atoms with Crippen molar-refractivity contribution in [1.82, 2.24) is 5.32 Å². The van der Waals surface area contributed by atoms with Gasteiger partial charge < -0.3 is 15.8 Å². The zero-order valence-corrected chi connectivity index (χ0v) is 12.2. The molecule has 0 saturated heterocycles. The molecular formula is C15H24N2O2. The SMILES string of the molecule is COc1cc(C)c(CCC(=O)NCC(C)N)c(C)c1. The van der Waals surface area contributed by atoms with Crippen molar-refractivity contribution in [3.63, 3.8) is 0 Å². The summed E-state index contributed by atoms with van der Waals surface area (Å²) in [6.07, 6.45) is 1.23. The molecule has 1 aromatic carbocycles. The van der Waals surface area contributed by atoms with Gasteiger partial charge in [0.2, 0.25) is 5.91 Å². The van der Waals surface area contributed by atoms with Gasteiger partial charge >= 0.3 is 0 Å². The Bertz CT molecular complexity index is 419. The minimum atomic E-state index is -0.00610. The maximum atomic E-state index is 11.7. The smallest absolute Gasteiger partial charge is 0.220 e. The van der Waals surface area contributed by atoms with Crippen molar-refractivity contribution >= 4 is 5.91 Å². The first-order chi connectivity index (χ1) is 8.93. The number of rotatable bonds is 6. The molecule has 0 aliphatic heterocycles. The first kappa shape index (κ1) is 15.5. The lowest BCUT2D eigenvalue weighted by Crippen LogP contribution is -2.35.